The van der Waals surface area contributed by atoms with Gasteiger partial charge in [-0.15, -0.1) is 0 Å². The lowest BCUT2D eigenvalue weighted by Crippen LogP contribution is -2.30. The molecule has 0 saturated heterocycles. The molecule has 0 aliphatic heterocycles. The van der Waals surface area contributed by atoms with Gasteiger partial charge >= 0.3 is 0 Å². The highest BCUT2D eigenvalue weighted by molar-refractivity contribution is 4.60. The topological polar surface area (TPSA) is 50.7 Å². The first-order valence-electron chi connectivity index (χ1n) is 4.20. The number of likely N-dealkylation sites (N-methyl/N-ethyl adjacent to an activating group) is 1. The van der Waals surface area contributed by atoms with Crippen LogP contribution >= 0.6 is 0 Å². The van der Waals surface area contributed by atoms with Gasteiger partial charge in [0.15, 0.2) is 0 Å². The first-order valence-corrected chi connectivity index (χ1v) is 4.20. The normalized spacial score (nSPS) is 13.2. The Bertz CT molecular complexity index is 86.4. The van der Waals surface area contributed by atoms with E-state index >= 15 is 0 Å². The summed E-state index contributed by atoms with van der Waals surface area (Å²) in [6.07, 6.45) is 0.830. The van der Waals surface area contributed by atoms with Crippen molar-refractivity contribution in [2.24, 2.45) is 0 Å². The van der Waals surface area contributed by atoms with Crippen molar-refractivity contribution in [1.82, 2.24) is 5.32 Å². The molecule has 4 heteroatoms. The summed E-state index contributed by atoms with van der Waals surface area (Å²) in [4.78, 5) is 0. The molecule has 0 bridgehead atoms. The molecule has 1 unspecified atom stereocenters. The molecule has 0 heterocycles. The molecule has 2 N–H and O–H groups in total. The Kier molecular flexibility index (Phi) is 8.81. The van der Waals surface area contributed by atoms with Crippen LogP contribution in [0.5, 0.6) is 0 Å². The lowest BCUT2D eigenvalue weighted by atomic mass is 10.2. The van der Waals surface area contributed by atoms with E-state index in [1.54, 1.807) is 7.11 Å². The molecule has 0 saturated carbocycles. The molecule has 0 radical (unpaired) electrons. The first kappa shape index (κ1) is 11.8. The maximum atomic E-state index is 8.79. The summed E-state index contributed by atoms with van der Waals surface area (Å²) in [7, 11) is 3.48. The molecular formula is C8H19NO3. The number of nitrogens with one attached hydrogen (secondary N) is 1. The van der Waals surface area contributed by atoms with Crippen LogP contribution in [0.25, 0.3) is 0 Å². The molecule has 0 aromatic carbocycles. The standard InChI is InChI=1S/C8H19NO3/c1-9-8(7-10)3-4-12-6-5-11-2/h8-10H,3-7H2,1-2H3. The SMILES string of the molecule is CNC(CO)CCOCCOC. The number of aliphatic hydroxyl groups excluding tert-OH is 1. The van der Waals surface area contributed by atoms with Gasteiger partial charge in [0, 0.05) is 19.8 Å². The summed E-state index contributed by atoms with van der Waals surface area (Å²) in [6.45, 7) is 2.07. The van der Waals surface area contributed by atoms with E-state index in [1.165, 1.54) is 0 Å². The monoisotopic (exact) mass is 177 g/mol. The van der Waals surface area contributed by atoms with Crippen LogP contribution in [-0.4, -0.2) is 51.7 Å². The first-order chi connectivity index (χ1) is 5.85. The highest BCUT2D eigenvalue weighted by Gasteiger charge is 2.02. The molecule has 0 aliphatic rings. The van der Waals surface area contributed by atoms with Gasteiger partial charge in [0.1, 0.15) is 0 Å². The lowest BCUT2D eigenvalue weighted by molar-refractivity contribution is 0.0629. The smallest absolute Gasteiger partial charge is 0.0700 e. The summed E-state index contributed by atoms with van der Waals surface area (Å²) in [5.74, 6) is 0. The molecule has 4 nitrogen and oxygen atoms in total. The Labute approximate surface area is 73.9 Å². The molecule has 12 heavy (non-hydrogen) atoms. The second-order valence-corrected chi connectivity index (χ2v) is 2.56. The van der Waals surface area contributed by atoms with Gasteiger partial charge in [-0.25, -0.2) is 0 Å². The summed E-state index contributed by atoms with van der Waals surface area (Å²) >= 11 is 0. The molecule has 74 valence electrons. The molecule has 0 rings (SSSR count). The molecule has 1 atom stereocenters. The second kappa shape index (κ2) is 8.93. The minimum atomic E-state index is 0.146. The maximum absolute atomic E-state index is 8.79. The Morgan fingerprint density at radius 3 is 2.58 bits per heavy atom. The van der Waals surface area contributed by atoms with Crippen molar-refractivity contribution in [3.05, 3.63) is 0 Å². The van der Waals surface area contributed by atoms with Crippen molar-refractivity contribution in [3.8, 4) is 0 Å². The van der Waals surface area contributed by atoms with Gasteiger partial charge in [0.05, 0.1) is 19.8 Å². The van der Waals surface area contributed by atoms with Gasteiger partial charge in [-0.1, -0.05) is 0 Å². The van der Waals surface area contributed by atoms with E-state index in [0.29, 0.717) is 19.8 Å². The van der Waals surface area contributed by atoms with Gasteiger partial charge in [0.2, 0.25) is 0 Å². The van der Waals surface area contributed by atoms with Gasteiger partial charge in [-0.2, -0.15) is 0 Å². The third kappa shape index (κ3) is 6.54. The fourth-order valence-corrected chi connectivity index (χ4v) is 0.797. The van der Waals surface area contributed by atoms with Crippen molar-refractivity contribution in [3.63, 3.8) is 0 Å². The van der Waals surface area contributed by atoms with Crippen LogP contribution in [0.2, 0.25) is 0 Å². The predicted octanol–water partition coefficient (Wildman–Crippen LogP) is -0.380. The van der Waals surface area contributed by atoms with Crippen LogP contribution in [0.3, 0.4) is 0 Å². The van der Waals surface area contributed by atoms with E-state index in [4.69, 9.17) is 14.6 Å². The highest BCUT2D eigenvalue weighted by Crippen LogP contribution is 1.90. The highest BCUT2D eigenvalue weighted by atomic mass is 16.5. The van der Waals surface area contributed by atoms with E-state index in [-0.39, 0.29) is 12.6 Å². The minimum Gasteiger partial charge on any atom is -0.395 e. The lowest BCUT2D eigenvalue weighted by Gasteiger charge is -2.12. The van der Waals surface area contributed by atoms with Crippen LogP contribution in [0.15, 0.2) is 0 Å². The molecular weight excluding hydrogens is 158 g/mol. The largest absolute Gasteiger partial charge is 0.395 e. The molecule has 0 aromatic rings. The number of ether oxygens (including phenoxy) is 2. The average molecular weight is 177 g/mol. The van der Waals surface area contributed by atoms with E-state index in [9.17, 15) is 0 Å². The van der Waals surface area contributed by atoms with Crippen LogP contribution < -0.4 is 5.32 Å². The zero-order valence-corrected chi connectivity index (χ0v) is 7.88. The van der Waals surface area contributed by atoms with Gasteiger partial charge in [0.25, 0.3) is 0 Å². The van der Waals surface area contributed by atoms with Gasteiger partial charge < -0.3 is 19.9 Å². The molecule has 0 spiro atoms. The van der Waals surface area contributed by atoms with E-state index in [2.05, 4.69) is 5.32 Å². The van der Waals surface area contributed by atoms with E-state index < -0.39 is 0 Å². The van der Waals surface area contributed by atoms with Crippen LogP contribution in [0, 0.1) is 0 Å². The fourth-order valence-electron chi connectivity index (χ4n) is 0.797. The number of hydrogen-bond donors (Lipinski definition) is 2. The average Bonchev–Trinajstić information content (AvgIpc) is 2.11. The van der Waals surface area contributed by atoms with Gasteiger partial charge in [-0.3, -0.25) is 0 Å². The van der Waals surface area contributed by atoms with Crippen molar-refractivity contribution >= 4 is 0 Å². The van der Waals surface area contributed by atoms with Crippen molar-refractivity contribution in [2.75, 3.05) is 40.6 Å². The molecule has 0 aromatic heterocycles. The molecule has 0 fully saturated rings. The zero-order chi connectivity index (χ0) is 9.23. The fraction of sp³-hybridized carbons (Fsp3) is 1.00. The van der Waals surface area contributed by atoms with Crippen molar-refractivity contribution in [2.45, 2.75) is 12.5 Å². The van der Waals surface area contributed by atoms with Crippen molar-refractivity contribution < 1.29 is 14.6 Å². The summed E-state index contributed by atoms with van der Waals surface area (Å²) in [6, 6.07) is 0.146. The number of rotatable bonds is 8. The number of hydrogen-bond acceptors (Lipinski definition) is 4. The maximum Gasteiger partial charge on any atom is 0.0700 e. The summed E-state index contributed by atoms with van der Waals surface area (Å²) < 4.78 is 10.0. The van der Waals surface area contributed by atoms with Crippen LogP contribution in [0.1, 0.15) is 6.42 Å². The number of aliphatic hydroxyl groups is 1. The van der Waals surface area contributed by atoms with Crippen LogP contribution in [-0.2, 0) is 9.47 Å². The predicted molar refractivity (Wildman–Crippen MR) is 47.2 cm³/mol. The molecule has 0 aliphatic carbocycles. The Balaban J connectivity index is 3.06. The minimum absolute atomic E-state index is 0.146. The van der Waals surface area contributed by atoms with E-state index in [1.807, 2.05) is 7.05 Å². The van der Waals surface area contributed by atoms with Crippen LogP contribution in [0.4, 0.5) is 0 Å². The van der Waals surface area contributed by atoms with Crippen molar-refractivity contribution in [1.29, 1.82) is 0 Å². The van der Waals surface area contributed by atoms with Gasteiger partial charge in [-0.05, 0) is 13.5 Å². The Hall–Kier alpha value is -0.160. The Morgan fingerprint density at radius 2 is 2.08 bits per heavy atom. The van der Waals surface area contributed by atoms with E-state index in [0.717, 1.165) is 6.42 Å². The Morgan fingerprint density at radius 1 is 1.33 bits per heavy atom. The third-order valence-corrected chi connectivity index (χ3v) is 1.67. The molecule has 0 amide bonds. The quantitative estimate of drug-likeness (QED) is 0.496. The number of methoxy groups -OCH3 is 1. The summed E-state index contributed by atoms with van der Waals surface area (Å²) in [5, 5.41) is 11.8. The zero-order valence-electron chi connectivity index (χ0n) is 7.88. The summed E-state index contributed by atoms with van der Waals surface area (Å²) in [5.41, 5.74) is 0. The second-order valence-electron chi connectivity index (χ2n) is 2.56. The third-order valence-electron chi connectivity index (χ3n) is 1.67.